The summed E-state index contributed by atoms with van der Waals surface area (Å²) in [5.41, 5.74) is 23.4. The number of benzene rings is 3. The van der Waals surface area contributed by atoms with Gasteiger partial charge in [0.25, 0.3) is 0 Å². The molecule has 4 N–H and O–H groups in total. The molecule has 2 heteroatoms. The Morgan fingerprint density at radius 3 is 1.75 bits per heavy atom. The van der Waals surface area contributed by atoms with Crippen molar-refractivity contribution in [2.75, 3.05) is 11.5 Å². The molecule has 0 aliphatic rings. The molecule has 0 bridgehead atoms. The molecule has 0 aliphatic carbocycles. The lowest BCUT2D eigenvalue weighted by atomic mass is 9.87. The van der Waals surface area contributed by atoms with Gasteiger partial charge in [0.15, 0.2) is 0 Å². The molecule has 0 saturated carbocycles. The van der Waals surface area contributed by atoms with Crippen LogP contribution in [0.5, 0.6) is 0 Å². The summed E-state index contributed by atoms with van der Waals surface area (Å²) in [5.74, 6) is 0. The smallest absolute Gasteiger partial charge is 0.0380 e. The lowest BCUT2D eigenvalue weighted by molar-refractivity contribution is 1.36. The molecule has 0 atom stereocenters. The fourth-order valence-corrected chi connectivity index (χ4v) is 3.33. The van der Waals surface area contributed by atoms with Gasteiger partial charge in [-0.3, -0.25) is 0 Å². The van der Waals surface area contributed by atoms with E-state index in [4.69, 9.17) is 11.5 Å². The summed E-state index contributed by atoms with van der Waals surface area (Å²) in [7, 11) is 0. The SMILES string of the molecule is Cc1cc(-c2cc(C)c(N)c(C)c2-c2ccccc2)cc(C)c1N. The van der Waals surface area contributed by atoms with Crippen LogP contribution in [0, 0.1) is 27.7 Å². The van der Waals surface area contributed by atoms with Crippen LogP contribution in [-0.4, -0.2) is 0 Å². The van der Waals surface area contributed by atoms with E-state index in [9.17, 15) is 0 Å². The van der Waals surface area contributed by atoms with Gasteiger partial charge in [-0.05, 0) is 90.4 Å². The highest BCUT2D eigenvalue weighted by Gasteiger charge is 2.15. The van der Waals surface area contributed by atoms with Crippen molar-refractivity contribution in [2.45, 2.75) is 27.7 Å². The van der Waals surface area contributed by atoms with Crippen molar-refractivity contribution >= 4 is 11.4 Å². The molecular formula is C22H24N2. The molecule has 0 radical (unpaired) electrons. The van der Waals surface area contributed by atoms with Crippen molar-refractivity contribution in [1.82, 2.24) is 0 Å². The van der Waals surface area contributed by atoms with Crippen molar-refractivity contribution in [1.29, 1.82) is 0 Å². The molecule has 0 aliphatic heterocycles. The monoisotopic (exact) mass is 316 g/mol. The second-order valence-electron chi connectivity index (χ2n) is 6.54. The minimum atomic E-state index is 0.862. The van der Waals surface area contributed by atoms with E-state index in [1.807, 2.05) is 6.07 Å². The number of aryl methyl sites for hydroxylation is 3. The van der Waals surface area contributed by atoms with Gasteiger partial charge in [-0.25, -0.2) is 0 Å². The highest BCUT2D eigenvalue weighted by molar-refractivity contribution is 5.90. The van der Waals surface area contributed by atoms with Gasteiger partial charge in [0, 0.05) is 11.4 Å². The average molecular weight is 316 g/mol. The minimum Gasteiger partial charge on any atom is -0.398 e. The fourth-order valence-electron chi connectivity index (χ4n) is 3.33. The first kappa shape index (κ1) is 16.1. The Morgan fingerprint density at radius 2 is 1.17 bits per heavy atom. The summed E-state index contributed by atoms with van der Waals surface area (Å²) in [5, 5.41) is 0. The van der Waals surface area contributed by atoms with Gasteiger partial charge in [0.05, 0.1) is 0 Å². The first-order valence-electron chi connectivity index (χ1n) is 8.22. The van der Waals surface area contributed by atoms with Crippen LogP contribution < -0.4 is 11.5 Å². The van der Waals surface area contributed by atoms with E-state index in [-0.39, 0.29) is 0 Å². The van der Waals surface area contributed by atoms with E-state index < -0.39 is 0 Å². The van der Waals surface area contributed by atoms with E-state index >= 15 is 0 Å². The Kier molecular flexibility index (Phi) is 4.06. The third-order valence-electron chi connectivity index (χ3n) is 4.80. The maximum Gasteiger partial charge on any atom is 0.0380 e. The maximum atomic E-state index is 6.33. The zero-order chi connectivity index (χ0) is 17.4. The quantitative estimate of drug-likeness (QED) is 0.620. The highest BCUT2D eigenvalue weighted by Crippen LogP contribution is 2.40. The Labute approximate surface area is 144 Å². The molecule has 0 unspecified atom stereocenters. The molecule has 0 heterocycles. The molecule has 0 saturated heterocycles. The number of nitrogens with two attached hydrogens (primary N) is 2. The van der Waals surface area contributed by atoms with Crippen molar-refractivity contribution in [3.05, 3.63) is 70.8 Å². The summed E-state index contributed by atoms with van der Waals surface area (Å²) in [6.45, 7) is 8.29. The van der Waals surface area contributed by atoms with E-state index in [0.29, 0.717) is 0 Å². The normalized spacial score (nSPS) is 10.8. The van der Waals surface area contributed by atoms with Gasteiger partial charge in [-0.1, -0.05) is 30.3 Å². The summed E-state index contributed by atoms with van der Waals surface area (Å²) in [6, 6.07) is 17.0. The van der Waals surface area contributed by atoms with Crippen LogP contribution in [0.25, 0.3) is 22.3 Å². The van der Waals surface area contributed by atoms with E-state index in [0.717, 1.165) is 33.6 Å². The number of rotatable bonds is 2. The van der Waals surface area contributed by atoms with Crippen LogP contribution in [0.15, 0.2) is 48.5 Å². The molecule has 3 rings (SSSR count). The summed E-state index contributed by atoms with van der Waals surface area (Å²) in [6.07, 6.45) is 0. The number of hydrogen-bond acceptors (Lipinski definition) is 2. The zero-order valence-electron chi connectivity index (χ0n) is 14.8. The van der Waals surface area contributed by atoms with E-state index in [1.54, 1.807) is 0 Å². The van der Waals surface area contributed by atoms with Crippen LogP contribution in [0.3, 0.4) is 0 Å². The second kappa shape index (κ2) is 6.04. The third kappa shape index (κ3) is 2.65. The molecule has 3 aromatic carbocycles. The zero-order valence-corrected chi connectivity index (χ0v) is 14.8. The topological polar surface area (TPSA) is 52.0 Å². The van der Waals surface area contributed by atoms with Gasteiger partial charge >= 0.3 is 0 Å². The summed E-state index contributed by atoms with van der Waals surface area (Å²) in [4.78, 5) is 0. The Balaban J connectivity index is 2.36. The van der Waals surface area contributed by atoms with Crippen molar-refractivity contribution in [3.63, 3.8) is 0 Å². The molecule has 0 aromatic heterocycles. The predicted molar refractivity (Wildman–Crippen MR) is 105 cm³/mol. The third-order valence-corrected chi connectivity index (χ3v) is 4.80. The Bertz CT molecular complexity index is 886. The maximum absolute atomic E-state index is 6.33. The highest BCUT2D eigenvalue weighted by atomic mass is 14.6. The van der Waals surface area contributed by atoms with Gasteiger partial charge in [-0.15, -0.1) is 0 Å². The molecular weight excluding hydrogens is 292 g/mol. The molecule has 3 aromatic rings. The van der Waals surface area contributed by atoms with Crippen molar-refractivity contribution in [2.24, 2.45) is 0 Å². The molecule has 0 fully saturated rings. The first-order valence-corrected chi connectivity index (χ1v) is 8.22. The van der Waals surface area contributed by atoms with Crippen molar-refractivity contribution in [3.8, 4) is 22.3 Å². The fraction of sp³-hybridized carbons (Fsp3) is 0.182. The van der Waals surface area contributed by atoms with Crippen LogP contribution in [0.1, 0.15) is 22.3 Å². The standard InChI is InChI=1S/C22H24N2/c1-13-10-18(11-14(2)21(13)23)19-12-15(3)22(24)16(4)20(19)17-8-6-5-7-9-17/h5-12H,23-24H2,1-4H3. The van der Waals surface area contributed by atoms with Crippen LogP contribution in [-0.2, 0) is 0 Å². The summed E-state index contributed by atoms with van der Waals surface area (Å²) < 4.78 is 0. The molecule has 0 spiro atoms. The first-order chi connectivity index (χ1) is 11.4. The molecule has 2 nitrogen and oxygen atoms in total. The van der Waals surface area contributed by atoms with Crippen LogP contribution in [0.4, 0.5) is 11.4 Å². The average Bonchev–Trinajstić information content (AvgIpc) is 2.57. The van der Waals surface area contributed by atoms with Gasteiger partial charge in [0.1, 0.15) is 0 Å². The summed E-state index contributed by atoms with van der Waals surface area (Å²) >= 11 is 0. The van der Waals surface area contributed by atoms with Crippen LogP contribution in [0.2, 0.25) is 0 Å². The van der Waals surface area contributed by atoms with Gasteiger partial charge in [0.2, 0.25) is 0 Å². The Morgan fingerprint density at radius 1 is 0.625 bits per heavy atom. The van der Waals surface area contributed by atoms with Crippen LogP contribution >= 0.6 is 0 Å². The van der Waals surface area contributed by atoms with E-state index in [2.05, 4.69) is 70.2 Å². The molecule has 24 heavy (non-hydrogen) atoms. The lowest BCUT2D eigenvalue weighted by Gasteiger charge is -2.19. The minimum absolute atomic E-state index is 0.862. The van der Waals surface area contributed by atoms with E-state index in [1.165, 1.54) is 22.3 Å². The molecule has 0 amide bonds. The predicted octanol–water partition coefficient (Wildman–Crippen LogP) is 5.42. The lowest BCUT2D eigenvalue weighted by Crippen LogP contribution is -2.00. The number of hydrogen-bond donors (Lipinski definition) is 2. The second-order valence-corrected chi connectivity index (χ2v) is 6.54. The Hall–Kier alpha value is -2.74. The number of nitrogen functional groups attached to an aromatic ring is 2. The molecule has 122 valence electrons. The van der Waals surface area contributed by atoms with Gasteiger partial charge in [-0.2, -0.15) is 0 Å². The van der Waals surface area contributed by atoms with Crippen molar-refractivity contribution < 1.29 is 0 Å². The largest absolute Gasteiger partial charge is 0.398 e. The van der Waals surface area contributed by atoms with Gasteiger partial charge < -0.3 is 11.5 Å². The number of anilines is 2.